The Kier molecular flexibility index (Phi) is 6.46. The molecule has 0 unspecified atom stereocenters. The van der Waals surface area contributed by atoms with Crippen LogP contribution in [0.2, 0.25) is 0 Å². The lowest BCUT2D eigenvalue weighted by Crippen LogP contribution is -3.28. The fourth-order valence-corrected chi connectivity index (χ4v) is 3.95. The normalized spacial score (nSPS) is 20.0. The second-order valence-corrected chi connectivity index (χ2v) is 8.09. The molecule has 26 heavy (non-hydrogen) atoms. The van der Waals surface area contributed by atoms with Gasteiger partial charge in [0.2, 0.25) is 0 Å². The smallest absolute Gasteiger partial charge is 0.279 e. The van der Waals surface area contributed by atoms with Crippen molar-refractivity contribution >= 4 is 27.5 Å². The summed E-state index contributed by atoms with van der Waals surface area (Å²) in [6.45, 7) is 10.0. The molecule has 5 heteroatoms. The number of hydrogen-bond acceptors (Lipinski definition) is 1. The zero-order chi connectivity index (χ0) is 18.5. The maximum Gasteiger partial charge on any atom is 0.279 e. The minimum Gasteiger partial charge on any atom is -0.322 e. The van der Waals surface area contributed by atoms with Gasteiger partial charge in [-0.15, -0.1) is 0 Å². The summed E-state index contributed by atoms with van der Waals surface area (Å²) in [5.41, 5.74) is 4.66. The minimum absolute atomic E-state index is 0.114. The molecular formula is C21H28BrN3O+2. The number of carbonyl (C=O) groups is 1. The maximum absolute atomic E-state index is 12.4. The van der Waals surface area contributed by atoms with Gasteiger partial charge in [-0.25, -0.2) is 0 Å². The van der Waals surface area contributed by atoms with Crippen LogP contribution < -0.4 is 15.1 Å². The number of quaternary nitrogens is 2. The Morgan fingerprint density at radius 1 is 1.00 bits per heavy atom. The van der Waals surface area contributed by atoms with Crippen LogP contribution in [0.1, 0.15) is 16.7 Å². The van der Waals surface area contributed by atoms with Gasteiger partial charge in [0.1, 0.15) is 32.7 Å². The number of amides is 1. The highest BCUT2D eigenvalue weighted by molar-refractivity contribution is 9.10. The van der Waals surface area contributed by atoms with Crippen LogP contribution in [-0.2, 0) is 11.3 Å². The summed E-state index contributed by atoms with van der Waals surface area (Å²) in [5.74, 6) is 0.114. The van der Waals surface area contributed by atoms with E-state index in [1.807, 2.05) is 12.1 Å². The Bertz CT molecular complexity index is 770. The quantitative estimate of drug-likeness (QED) is 0.666. The van der Waals surface area contributed by atoms with Gasteiger partial charge in [-0.05, 0) is 37.1 Å². The summed E-state index contributed by atoms with van der Waals surface area (Å²) in [6, 6.07) is 14.5. The van der Waals surface area contributed by atoms with Gasteiger partial charge in [-0.2, -0.15) is 0 Å². The molecule has 0 bridgehead atoms. The minimum atomic E-state index is 0.114. The van der Waals surface area contributed by atoms with Crippen LogP contribution in [0.25, 0.3) is 0 Å². The second-order valence-electron chi connectivity index (χ2n) is 7.24. The van der Waals surface area contributed by atoms with Crippen LogP contribution in [0.3, 0.4) is 0 Å². The van der Waals surface area contributed by atoms with Crippen molar-refractivity contribution in [2.75, 3.05) is 38.0 Å². The number of rotatable bonds is 5. The highest BCUT2D eigenvalue weighted by Crippen LogP contribution is 2.17. The van der Waals surface area contributed by atoms with Crippen molar-refractivity contribution in [3.05, 3.63) is 63.6 Å². The van der Waals surface area contributed by atoms with Crippen LogP contribution in [0.5, 0.6) is 0 Å². The molecule has 0 saturated carbocycles. The Balaban J connectivity index is 1.47. The Labute approximate surface area is 164 Å². The monoisotopic (exact) mass is 417 g/mol. The van der Waals surface area contributed by atoms with Gasteiger partial charge in [-0.3, -0.25) is 4.79 Å². The summed E-state index contributed by atoms with van der Waals surface area (Å²) in [7, 11) is 0. The molecule has 0 aliphatic carbocycles. The molecule has 1 fully saturated rings. The SMILES string of the molecule is Cc1cccc(NC(=O)C[NH+]2CC[NH+](Cc3ccccc3Br)CC2)c1C. The molecule has 0 atom stereocenters. The molecule has 3 N–H and O–H groups in total. The largest absolute Gasteiger partial charge is 0.322 e. The average Bonchev–Trinajstić information content (AvgIpc) is 2.62. The Morgan fingerprint density at radius 2 is 1.69 bits per heavy atom. The lowest BCUT2D eigenvalue weighted by molar-refractivity contribution is -1.02. The molecule has 0 spiro atoms. The van der Waals surface area contributed by atoms with Gasteiger partial charge in [-0.1, -0.05) is 46.3 Å². The number of nitrogens with one attached hydrogen (secondary N) is 3. The molecule has 138 valence electrons. The zero-order valence-corrected chi connectivity index (χ0v) is 17.2. The standard InChI is InChI=1S/C21H26BrN3O/c1-16-6-5-9-20(17(16)2)23-21(26)15-25-12-10-24(11-13-25)14-18-7-3-4-8-19(18)22/h3-9H,10-15H2,1-2H3,(H,23,26)/p+2. The summed E-state index contributed by atoms with van der Waals surface area (Å²) in [5, 5.41) is 3.08. The fourth-order valence-electron chi connectivity index (χ4n) is 3.53. The number of benzene rings is 2. The van der Waals surface area contributed by atoms with Gasteiger partial charge < -0.3 is 15.1 Å². The fraction of sp³-hybridized carbons (Fsp3) is 0.381. The number of piperazine rings is 1. The van der Waals surface area contributed by atoms with Crippen LogP contribution in [0, 0.1) is 13.8 Å². The molecule has 3 rings (SSSR count). The second kappa shape index (κ2) is 8.80. The Morgan fingerprint density at radius 3 is 2.42 bits per heavy atom. The first-order valence-electron chi connectivity index (χ1n) is 9.29. The van der Waals surface area contributed by atoms with Crippen molar-refractivity contribution in [1.82, 2.24) is 0 Å². The first-order valence-corrected chi connectivity index (χ1v) is 10.1. The highest BCUT2D eigenvalue weighted by Gasteiger charge is 2.25. The molecule has 2 aromatic rings. The summed E-state index contributed by atoms with van der Waals surface area (Å²) < 4.78 is 1.19. The van der Waals surface area contributed by atoms with E-state index in [4.69, 9.17) is 0 Å². The van der Waals surface area contributed by atoms with Crippen LogP contribution in [0.4, 0.5) is 5.69 Å². The van der Waals surface area contributed by atoms with Gasteiger partial charge in [0.05, 0.1) is 0 Å². The third-order valence-corrected chi connectivity index (χ3v) is 6.13. The predicted molar refractivity (Wildman–Crippen MR) is 109 cm³/mol. The van der Waals surface area contributed by atoms with E-state index in [0.717, 1.165) is 44.0 Å². The number of hydrogen-bond donors (Lipinski definition) is 3. The third-order valence-electron chi connectivity index (χ3n) is 5.35. The van der Waals surface area contributed by atoms with E-state index in [0.29, 0.717) is 6.54 Å². The number of anilines is 1. The van der Waals surface area contributed by atoms with Crippen LogP contribution >= 0.6 is 15.9 Å². The molecule has 2 aromatic carbocycles. The topological polar surface area (TPSA) is 38.0 Å². The van der Waals surface area contributed by atoms with Gasteiger partial charge >= 0.3 is 0 Å². The van der Waals surface area contributed by atoms with Crippen molar-refractivity contribution in [3.8, 4) is 0 Å². The third kappa shape index (κ3) is 4.93. The van der Waals surface area contributed by atoms with E-state index in [1.165, 1.54) is 20.5 Å². The van der Waals surface area contributed by atoms with Crippen molar-refractivity contribution in [2.45, 2.75) is 20.4 Å². The van der Waals surface area contributed by atoms with E-state index < -0.39 is 0 Å². The molecule has 1 heterocycles. The zero-order valence-electron chi connectivity index (χ0n) is 15.6. The predicted octanol–water partition coefficient (Wildman–Crippen LogP) is 0.988. The average molecular weight is 418 g/mol. The molecule has 4 nitrogen and oxygen atoms in total. The molecule has 0 aromatic heterocycles. The lowest BCUT2D eigenvalue weighted by Gasteiger charge is -2.29. The number of carbonyl (C=O) groups excluding carboxylic acids is 1. The molecular weight excluding hydrogens is 390 g/mol. The lowest BCUT2D eigenvalue weighted by atomic mass is 10.1. The van der Waals surface area contributed by atoms with Crippen molar-refractivity contribution in [2.24, 2.45) is 0 Å². The molecule has 1 saturated heterocycles. The summed E-state index contributed by atoms with van der Waals surface area (Å²) in [6.07, 6.45) is 0. The molecule has 1 amide bonds. The first kappa shape index (κ1) is 19.1. The van der Waals surface area contributed by atoms with Gasteiger partial charge in [0.15, 0.2) is 6.54 Å². The molecule has 1 aliphatic heterocycles. The summed E-state index contributed by atoms with van der Waals surface area (Å²) in [4.78, 5) is 15.4. The van der Waals surface area contributed by atoms with E-state index in [2.05, 4.69) is 65.4 Å². The maximum atomic E-state index is 12.4. The molecule has 1 aliphatic rings. The Hall–Kier alpha value is -1.69. The van der Waals surface area contributed by atoms with E-state index in [1.54, 1.807) is 4.90 Å². The molecule has 0 radical (unpaired) electrons. The van der Waals surface area contributed by atoms with Crippen molar-refractivity contribution < 1.29 is 14.6 Å². The van der Waals surface area contributed by atoms with Crippen LogP contribution in [-0.4, -0.2) is 38.6 Å². The van der Waals surface area contributed by atoms with E-state index in [-0.39, 0.29) is 5.91 Å². The van der Waals surface area contributed by atoms with E-state index >= 15 is 0 Å². The van der Waals surface area contributed by atoms with Crippen LogP contribution in [0.15, 0.2) is 46.9 Å². The highest BCUT2D eigenvalue weighted by atomic mass is 79.9. The van der Waals surface area contributed by atoms with Gasteiger partial charge in [0, 0.05) is 15.7 Å². The van der Waals surface area contributed by atoms with Gasteiger partial charge in [0.25, 0.3) is 5.91 Å². The number of aryl methyl sites for hydroxylation is 1. The number of halogens is 1. The van der Waals surface area contributed by atoms with Crippen molar-refractivity contribution in [3.63, 3.8) is 0 Å². The van der Waals surface area contributed by atoms with Crippen molar-refractivity contribution in [1.29, 1.82) is 0 Å². The van der Waals surface area contributed by atoms with E-state index in [9.17, 15) is 4.79 Å². The summed E-state index contributed by atoms with van der Waals surface area (Å²) >= 11 is 3.64. The first-order chi connectivity index (χ1) is 12.5.